The van der Waals surface area contributed by atoms with Crippen LogP contribution in [0.5, 0.6) is 11.5 Å². The van der Waals surface area contributed by atoms with Gasteiger partial charge in [-0.15, -0.1) is 0 Å². The summed E-state index contributed by atoms with van der Waals surface area (Å²) in [7, 11) is 1.42. The Hall–Kier alpha value is -1.73. The number of benzene rings is 1. The summed E-state index contributed by atoms with van der Waals surface area (Å²) in [6.07, 6.45) is 1.29. The molecular formula is C13H17N3O3S. The predicted molar refractivity (Wildman–Crippen MR) is 80.8 cm³/mol. The number of hydrogen-bond donors (Lipinski definition) is 3. The van der Waals surface area contributed by atoms with Crippen molar-refractivity contribution in [3.8, 4) is 11.5 Å². The Bertz CT molecular complexity index is 614. The Balaban J connectivity index is 0.000000205. The fraction of sp³-hybridized carbons (Fsp3) is 0.385. The van der Waals surface area contributed by atoms with Crippen molar-refractivity contribution in [1.82, 2.24) is 15.3 Å². The first-order chi connectivity index (χ1) is 9.72. The van der Waals surface area contributed by atoms with Crippen molar-refractivity contribution in [2.45, 2.75) is 0 Å². The van der Waals surface area contributed by atoms with Gasteiger partial charge in [-0.05, 0) is 6.07 Å². The van der Waals surface area contributed by atoms with E-state index in [0.717, 1.165) is 0 Å². The first-order valence-corrected chi connectivity index (χ1v) is 7.40. The molecule has 1 aliphatic rings. The topological polar surface area (TPSA) is 87.2 Å². The summed E-state index contributed by atoms with van der Waals surface area (Å²) in [4.78, 5) is 17.7. The highest BCUT2D eigenvalue weighted by Crippen LogP contribution is 2.28. The van der Waals surface area contributed by atoms with E-state index >= 15 is 0 Å². The predicted octanol–water partition coefficient (Wildman–Crippen LogP) is 0.960. The molecule has 1 fully saturated rings. The lowest BCUT2D eigenvalue weighted by molar-refractivity contribution is 0.374. The molecule has 6 nitrogen and oxygen atoms in total. The van der Waals surface area contributed by atoms with Crippen LogP contribution >= 0.6 is 11.8 Å². The van der Waals surface area contributed by atoms with E-state index in [-0.39, 0.29) is 17.1 Å². The normalized spacial score (nSPS) is 14.4. The van der Waals surface area contributed by atoms with Crippen LogP contribution in [0, 0.1) is 0 Å². The zero-order valence-corrected chi connectivity index (χ0v) is 12.0. The monoisotopic (exact) mass is 295 g/mol. The molecule has 0 amide bonds. The van der Waals surface area contributed by atoms with Crippen LogP contribution in [0.3, 0.4) is 0 Å². The Morgan fingerprint density at radius 3 is 2.65 bits per heavy atom. The van der Waals surface area contributed by atoms with Crippen LogP contribution in [-0.2, 0) is 0 Å². The van der Waals surface area contributed by atoms with Gasteiger partial charge in [0.25, 0.3) is 5.56 Å². The molecule has 1 aromatic carbocycles. The molecule has 108 valence electrons. The highest BCUT2D eigenvalue weighted by Gasteiger charge is 2.06. The fourth-order valence-corrected chi connectivity index (χ4v) is 2.54. The molecule has 1 aromatic heterocycles. The molecule has 0 aliphatic carbocycles. The number of nitrogens with zero attached hydrogens (tertiary/aromatic N) is 1. The molecule has 1 aliphatic heterocycles. The van der Waals surface area contributed by atoms with E-state index in [0.29, 0.717) is 10.9 Å². The average Bonchev–Trinajstić information content (AvgIpc) is 2.49. The van der Waals surface area contributed by atoms with Gasteiger partial charge in [0.1, 0.15) is 0 Å². The molecule has 0 spiro atoms. The number of phenolic OH excluding ortho intramolecular Hbond substituents is 1. The molecule has 7 heteroatoms. The number of phenols is 1. The highest BCUT2D eigenvalue weighted by molar-refractivity contribution is 7.99. The quantitative estimate of drug-likeness (QED) is 0.726. The average molecular weight is 295 g/mol. The molecule has 0 saturated carbocycles. The maximum absolute atomic E-state index is 11.3. The summed E-state index contributed by atoms with van der Waals surface area (Å²) < 4.78 is 4.88. The second kappa shape index (κ2) is 7.16. The fourth-order valence-electron chi connectivity index (χ4n) is 1.76. The van der Waals surface area contributed by atoms with E-state index in [9.17, 15) is 9.90 Å². The van der Waals surface area contributed by atoms with E-state index in [4.69, 9.17) is 4.74 Å². The summed E-state index contributed by atoms with van der Waals surface area (Å²) in [5.74, 6) is 2.84. The minimum absolute atomic E-state index is 0.0295. The van der Waals surface area contributed by atoms with Crippen molar-refractivity contribution < 1.29 is 9.84 Å². The minimum atomic E-state index is -0.256. The van der Waals surface area contributed by atoms with E-state index in [1.54, 1.807) is 0 Å². The maximum atomic E-state index is 11.3. The summed E-state index contributed by atoms with van der Waals surface area (Å²) in [6, 6.07) is 2.85. The summed E-state index contributed by atoms with van der Waals surface area (Å²) >= 11 is 2.03. The lowest BCUT2D eigenvalue weighted by Gasteiger charge is -2.08. The van der Waals surface area contributed by atoms with Crippen molar-refractivity contribution in [3.63, 3.8) is 0 Å². The number of rotatable bonds is 1. The first-order valence-electron chi connectivity index (χ1n) is 6.25. The maximum Gasteiger partial charge on any atom is 0.258 e. The molecule has 3 N–H and O–H groups in total. The number of thioether (sulfide) groups is 1. The number of aromatic hydroxyl groups is 1. The molecule has 1 saturated heterocycles. The summed E-state index contributed by atoms with van der Waals surface area (Å²) in [6.45, 7) is 2.43. The van der Waals surface area contributed by atoms with Gasteiger partial charge in [-0.3, -0.25) is 4.79 Å². The van der Waals surface area contributed by atoms with Crippen LogP contribution in [0.4, 0.5) is 0 Å². The van der Waals surface area contributed by atoms with Crippen LogP contribution in [0.25, 0.3) is 10.9 Å². The molecule has 0 unspecified atom stereocenters. The summed E-state index contributed by atoms with van der Waals surface area (Å²) in [5.41, 5.74) is 0.181. The number of fused-ring (bicyclic) bond motifs is 1. The number of methoxy groups -OCH3 is 1. The number of hydrogen-bond acceptors (Lipinski definition) is 6. The molecule has 3 rings (SSSR count). The van der Waals surface area contributed by atoms with Crippen LogP contribution < -0.4 is 15.6 Å². The molecule has 0 atom stereocenters. The number of aromatic nitrogens is 2. The molecule has 0 bridgehead atoms. The number of ether oxygens (including phenoxy) is 1. The zero-order valence-electron chi connectivity index (χ0n) is 11.2. The Labute approximate surface area is 120 Å². The van der Waals surface area contributed by atoms with Crippen LogP contribution in [0.1, 0.15) is 0 Å². The number of nitrogens with one attached hydrogen (secondary N) is 2. The van der Waals surface area contributed by atoms with Crippen molar-refractivity contribution in [2.24, 2.45) is 0 Å². The van der Waals surface area contributed by atoms with Gasteiger partial charge in [-0.25, -0.2) is 4.98 Å². The van der Waals surface area contributed by atoms with Crippen LogP contribution in [0.2, 0.25) is 0 Å². The van der Waals surface area contributed by atoms with Gasteiger partial charge in [0.05, 0.1) is 24.3 Å². The highest BCUT2D eigenvalue weighted by atomic mass is 32.2. The van der Waals surface area contributed by atoms with E-state index in [2.05, 4.69) is 15.3 Å². The molecule has 2 heterocycles. The van der Waals surface area contributed by atoms with E-state index in [1.807, 2.05) is 11.8 Å². The minimum Gasteiger partial charge on any atom is -0.504 e. The third-order valence-electron chi connectivity index (χ3n) is 2.79. The van der Waals surface area contributed by atoms with Gasteiger partial charge >= 0.3 is 0 Å². The van der Waals surface area contributed by atoms with E-state index in [1.165, 1.54) is 50.2 Å². The molecule has 0 radical (unpaired) electrons. The third-order valence-corrected chi connectivity index (χ3v) is 3.77. The largest absolute Gasteiger partial charge is 0.504 e. The standard InChI is InChI=1S/C9H8N2O3.C4H9NS/c1-14-8-2-5-6(3-7(8)12)10-4-11-9(5)13;1-3-6-4-2-5-1/h2-4,12H,1H3,(H,10,11,13);5H,1-4H2. The Kier molecular flexibility index (Phi) is 5.25. The number of aromatic amines is 1. The van der Waals surface area contributed by atoms with Crippen molar-refractivity contribution in [2.75, 3.05) is 31.7 Å². The van der Waals surface area contributed by atoms with Gasteiger partial charge < -0.3 is 20.1 Å². The van der Waals surface area contributed by atoms with Crippen molar-refractivity contribution in [1.29, 1.82) is 0 Å². The summed E-state index contributed by atoms with van der Waals surface area (Å²) in [5, 5.41) is 13.1. The lowest BCUT2D eigenvalue weighted by Crippen LogP contribution is -2.24. The zero-order chi connectivity index (χ0) is 14.4. The molecular weight excluding hydrogens is 278 g/mol. The van der Waals surface area contributed by atoms with Crippen LogP contribution in [0.15, 0.2) is 23.3 Å². The van der Waals surface area contributed by atoms with E-state index < -0.39 is 0 Å². The Morgan fingerprint density at radius 2 is 2.10 bits per heavy atom. The molecule has 2 aromatic rings. The molecule has 20 heavy (non-hydrogen) atoms. The smallest absolute Gasteiger partial charge is 0.258 e. The van der Waals surface area contributed by atoms with Crippen LogP contribution in [-0.4, -0.2) is 46.8 Å². The van der Waals surface area contributed by atoms with Gasteiger partial charge in [-0.2, -0.15) is 11.8 Å². The Morgan fingerprint density at radius 1 is 1.35 bits per heavy atom. The van der Waals surface area contributed by atoms with Gasteiger partial charge in [0, 0.05) is 30.7 Å². The third kappa shape index (κ3) is 3.64. The van der Waals surface area contributed by atoms with Gasteiger partial charge in [0.2, 0.25) is 0 Å². The first kappa shape index (κ1) is 14.7. The second-order valence-electron chi connectivity index (χ2n) is 4.14. The second-order valence-corrected chi connectivity index (χ2v) is 5.36. The lowest BCUT2D eigenvalue weighted by atomic mass is 10.2. The van der Waals surface area contributed by atoms with Crippen molar-refractivity contribution >= 4 is 22.7 Å². The number of H-pyrrole nitrogens is 1. The van der Waals surface area contributed by atoms with Gasteiger partial charge in [-0.1, -0.05) is 0 Å². The SMILES string of the molecule is C1CSCCN1.COc1cc2c(=O)[nH]cnc2cc1O. The van der Waals surface area contributed by atoms with Crippen molar-refractivity contribution in [3.05, 3.63) is 28.8 Å². The van der Waals surface area contributed by atoms with Gasteiger partial charge in [0.15, 0.2) is 11.5 Å².